The summed E-state index contributed by atoms with van der Waals surface area (Å²) >= 11 is 0. The van der Waals surface area contributed by atoms with Gasteiger partial charge < -0.3 is 5.11 Å². The highest BCUT2D eigenvalue weighted by molar-refractivity contribution is 5.70. The number of rotatable bonds is 4. The molecule has 7 heteroatoms. The predicted molar refractivity (Wildman–Crippen MR) is 71.7 cm³/mol. The lowest BCUT2D eigenvalue weighted by molar-refractivity contribution is -0.136. The standard InChI is InChI=1S/C13H16N4O3/c1-7-10(5-14-16-7)6-17-9(3)11(4-12(18)19)8(2)15-13(17)20/h5H,4,6H2,1-3H3,(H,14,16)(H,18,19). The summed E-state index contributed by atoms with van der Waals surface area (Å²) in [5, 5.41) is 15.7. The maximum Gasteiger partial charge on any atom is 0.348 e. The Hall–Kier alpha value is -2.44. The van der Waals surface area contributed by atoms with E-state index in [-0.39, 0.29) is 12.1 Å². The van der Waals surface area contributed by atoms with Gasteiger partial charge >= 0.3 is 11.7 Å². The first-order chi connectivity index (χ1) is 9.40. The Morgan fingerprint density at radius 3 is 2.65 bits per heavy atom. The second kappa shape index (κ2) is 5.28. The number of nitrogens with one attached hydrogen (secondary N) is 1. The molecule has 20 heavy (non-hydrogen) atoms. The van der Waals surface area contributed by atoms with Gasteiger partial charge in [-0.2, -0.15) is 10.1 Å². The summed E-state index contributed by atoms with van der Waals surface area (Å²) < 4.78 is 1.48. The summed E-state index contributed by atoms with van der Waals surface area (Å²) in [4.78, 5) is 26.8. The van der Waals surface area contributed by atoms with Crippen LogP contribution in [0.3, 0.4) is 0 Å². The van der Waals surface area contributed by atoms with Gasteiger partial charge in [0.1, 0.15) is 0 Å². The molecule has 0 aromatic carbocycles. The molecule has 106 valence electrons. The van der Waals surface area contributed by atoms with Crippen molar-refractivity contribution in [3.63, 3.8) is 0 Å². The van der Waals surface area contributed by atoms with E-state index in [1.807, 2.05) is 6.92 Å². The summed E-state index contributed by atoms with van der Waals surface area (Å²) in [5.41, 5.74) is 3.05. The third-order valence-corrected chi connectivity index (χ3v) is 3.36. The summed E-state index contributed by atoms with van der Waals surface area (Å²) in [6.07, 6.45) is 1.51. The van der Waals surface area contributed by atoms with Gasteiger partial charge in [0.05, 0.1) is 19.2 Å². The van der Waals surface area contributed by atoms with Crippen LogP contribution in [0.25, 0.3) is 0 Å². The topological polar surface area (TPSA) is 101 Å². The largest absolute Gasteiger partial charge is 0.481 e. The average molecular weight is 276 g/mol. The third kappa shape index (κ3) is 2.61. The Bertz CT molecular complexity index is 715. The fraction of sp³-hybridized carbons (Fsp3) is 0.385. The normalized spacial score (nSPS) is 10.8. The molecule has 2 aromatic rings. The molecule has 0 bridgehead atoms. The van der Waals surface area contributed by atoms with E-state index in [0.717, 1.165) is 11.3 Å². The van der Waals surface area contributed by atoms with E-state index in [0.29, 0.717) is 23.5 Å². The van der Waals surface area contributed by atoms with E-state index in [2.05, 4.69) is 15.2 Å². The number of aryl methyl sites for hydroxylation is 2. The fourth-order valence-electron chi connectivity index (χ4n) is 2.14. The zero-order valence-electron chi connectivity index (χ0n) is 11.6. The lowest BCUT2D eigenvalue weighted by Gasteiger charge is -2.14. The van der Waals surface area contributed by atoms with Crippen molar-refractivity contribution in [2.45, 2.75) is 33.7 Å². The van der Waals surface area contributed by atoms with Crippen LogP contribution in [0.4, 0.5) is 0 Å². The van der Waals surface area contributed by atoms with Crippen molar-refractivity contribution >= 4 is 5.97 Å². The predicted octanol–water partition coefficient (Wildman–Crippen LogP) is 0.567. The zero-order chi connectivity index (χ0) is 14.9. The van der Waals surface area contributed by atoms with Gasteiger partial charge in [0.2, 0.25) is 0 Å². The molecule has 7 nitrogen and oxygen atoms in total. The van der Waals surface area contributed by atoms with E-state index in [1.165, 1.54) is 4.57 Å². The number of hydrogen-bond donors (Lipinski definition) is 2. The number of carbonyl (C=O) groups is 1. The number of carboxylic acids is 1. The van der Waals surface area contributed by atoms with Crippen LogP contribution in [0.2, 0.25) is 0 Å². The molecular formula is C13H16N4O3. The summed E-state index contributed by atoms with van der Waals surface area (Å²) in [7, 11) is 0. The molecule has 0 spiro atoms. The van der Waals surface area contributed by atoms with Gasteiger partial charge in [-0.05, 0) is 20.8 Å². The van der Waals surface area contributed by atoms with Crippen molar-refractivity contribution in [1.82, 2.24) is 19.7 Å². The maximum atomic E-state index is 12.0. The van der Waals surface area contributed by atoms with Crippen molar-refractivity contribution in [3.05, 3.63) is 44.9 Å². The molecule has 0 atom stereocenters. The van der Waals surface area contributed by atoms with Crippen LogP contribution in [0.5, 0.6) is 0 Å². The minimum atomic E-state index is -0.942. The van der Waals surface area contributed by atoms with E-state index in [9.17, 15) is 9.59 Å². The molecule has 2 aromatic heterocycles. The van der Waals surface area contributed by atoms with Crippen LogP contribution >= 0.6 is 0 Å². The van der Waals surface area contributed by atoms with Gasteiger partial charge in [-0.15, -0.1) is 0 Å². The molecule has 2 N–H and O–H groups in total. The first kappa shape index (κ1) is 14.0. The Balaban J connectivity index is 2.50. The van der Waals surface area contributed by atoms with Gasteiger partial charge in [-0.3, -0.25) is 14.5 Å². The quantitative estimate of drug-likeness (QED) is 0.850. The lowest BCUT2D eigenvalue weighted by atomic mass is 10.1. The van der Waals surface area contributed by atoms with Crippen molar-refractivity contribution in [2.24, 2.45) is 0 Å². The molecule has 0 amide bonds. The van der Waals surface area contributed by atoms with Crippen LogP contribution in [-0.4, -0.2) is 30.8 Å². The second-order valence-electron chi connectivity index (χ2n) is 4.72. The monoisotopic (exact) mass is 276 g/mol. The molecule has 2 rings (SSSR count). The third-order valence-electron chi connectivity index (χ3n) is 3.36. The minimum Gasteiger partial charge on any atom is -0.481 e. The molecule has 0 radical (unpaired) electrons. The fourth-order valence-corrected chi connectivity index (χ4v) is 2.14. The number of nitrogens with zero attached hydrogens (tertiary/aromatic N) is 3. The average Bonchev–Trinajstić information content (AvgIpc) is 2.75. The van der Waals surface area contributed by atoms with Crippen LogP contribution in [0.15, 0.2) is 11.0 Å². The molecular weight excluding hydrogens is 260 g/mol. The number of aromatic amines is 1. The number of carboxylic acid groups (broad SMARTS) is 1. The first-order valence-electron chi connectivity index (χ1n) is 6.17. The summed E-state index contributed by atoms with van der Waals surface area (Å²) in [6.45, 7) is 5.58. The van der Waals surface area contributed by atoms with Crippen molar-refractivity contribution in [2.75, 3.05) is 0 Å². The van der Waals surface area contributed by atoms with Crippen molar-refractivity contribution < 1.29 is 9.90 Å². The lowest BCUT2D eigenvalue weighted by Crippen LogP contribution is -2.29. The van der Waals surface area contributed by atoms with Gasteiger partial charge in [0, 0.05) is 28.2 Å². The molecule has 2 heterocycles. The van der Waals surface area contributed by atoms with E-state index >= 15 is 0 Å². The maximum absolute atomic E-state index is 12.0. The van der Waals surface area contributed by atoms with E-state index in [1.54, 1.807) is 20.0 Å². The van der Waals surface area contributed by atoms with Crippen LogP contribution in [-0.2, 0) is 17.8 Å². The molecule has 0 aliphatic heterocycles. The highest BCUT2D eigenvalue weighted by Gasteiger charge is 2.15. The zero-order valence-corrected chi connectivity index (χ0v) is 11.6. The van der Waals surface area contributed by atoms with Gasteiger partial charge in [0.15, 0.2) is 0 Å². The smallest absolute Gasteiger partial charge is 0.348 e. The molecule has 0 aliphatic carbocycles. The van der Waals surface area contributed by atoms with Gasteiger partial charge in [-0.1, -0.05) is 0 Å². The van der Waals surface area contributed by atoms with Crippen LogP contribution < -0.4 is 5.69 Å². The molecule has 0 saturated carbocycles. The molecule has 0 saturated heterocycles. The van der Waals surface area contributed by atoms with Crippen molar-refractivity contribution in [1.29, 1.82) is 0 Å². The van der Waals surface area contributed by atoms with E-state index in [4.69, 9.17) is 5.11 Å². The SMILES string of the molecule is Cc1nc(=O)n(Cc2cn[nH]c2C)c(C)c1CC(=O)O. The van der Waals surface area contributed by atoms with Crippen molar-refractivity contribution in [3.8, 4) is 0 Å². The molecule has 0 unspecified atom stereocenters. The highest BCUT2D eigenvalue weighted by atomic mass is 16.4. The molecule has 0 fully saturated rings. The Kier molecular flexibility index (Phi) is 3.69. The van der Waals surface area contributed by atoms with Gasteiger partial charge in [0.25, 0.3) is 0 Å². The molecule has 0 aliphatic rings. The summed E-state index contributed by atoms with van der Waals surface area (Å²) in [5.74, 6) is -0.942. The van der Waals surface area contributed by atoms with Crippen LogP contribution in [0.1, 0.15) is 28.2 Å². The van der Waals surface area contributed by atoms with E-state index < -0.39 is 5.97 Å². The number of aliphatic carboxylic acids is 1. The Morgan fingerprint density at radius 1 is 1.40 bits per heavy atom. The Labute approximate surface area is 115 Å². The number of H-pyrrole nitrogens is 1. The minimum absolute atomic E-state index is 0.144. The van der Waals surface area contributed by atoms with Crippen LogP contribution in [0, 0.1) is 20.8 Å². The Morgan fingerprint density at radius 2 is 2.10 bits per heavy atom. The first-order valence-corrected chi connectivity index (χ1v) is 6.17. The number of aromatic nitrogens is 4. The highest BCUT2D eigenvalue weighted by Crippen LogP contribution is 2.13. The number of hydrogen-bond acceptors (Lipinski definition) is 4. The summed E-state index contributed by atoms with van der Waals surface area (Å²) in [6, 6.07) is 0. The van der Waals surface area contributed by atoms with Gasteiger partial charge in [-0.25, -0.2) is 4.79 Å². The second-order valence-corrected chi connectivity index (χ2v) is 4.72.